The monoisotopic (exact) mass is 499 g/mol. The molecule has 0 aliphatic carbocycles. The topological polar surface area (TPSA) is 93.5 Å². The molecule has 2 N–H and O–H groups in total. The predicted molar refractivity (Wildman–Crippen MR) is 132 cm³/mol. The summed E-state index contributed by atoms with van der Waals surface area (Å²) in [5.74, 6) is 4.63. The highest BCUT2D eigenvalue weighted by Crippen LogP contribution is 2.32. The first-order valence-corrected chi connectivity index (χ1v) is 11.1. The zero-order valence-corrected chi connectivity index (χ0v) is 20.6. The Morgan fingerprint density at radius 2 is 1.82 bits per heavy atom. The highest BCUT2D eigenvalue weighted by atomic mass is 35.5. The van der Waals surface area contributed by atoms with E-state index < -0.39 is 17.7 Å². The Morgan fingerprint density at radius 1 is 1.15 bits per heavy atom. The van der Waals surface area contributed by atoms with E-state index in [2.05, 4.69) is 22.3 Å². The lowest BCUT2D eigenvalue weighted by atomic mass is 10.1. The Kier molecular flexibility index (Phi) is 7.55. The minimum atomic E-state index is -1.14. The van der Waals surface area contributed by atoms with Crippen molar-refractivity contribution >= 4 is 35.3 Å². The molecular formula is C25H23Cl2N3O4. The van der Waals surface area contributed by atoms with E-state index in [0.717, 1.165) is 5.56 Å². The van der Waals surface area contributed by atoms with Gasteiger partial charge in [-0.05, 0) is 58.0 Å². The zero-order valence-electron chi connectivity index (χ0n) is 19.1. The SMILES string of the molecule is Cc1c(C(=O)O)nn(-c2ccc(C#CCNC(=O)OC(C)(C)C)cc2Cl)c1-c1ccc(Cl)cc1. The summed E-state index contributed by atoms with van der Waals surface area (Å²) < 4.78 is 6.66. The van der Waals surface area contributed by atoms with Gasteiger partial charge in [0.2, 0.25) is 0 Å². The lowest BCUT2D eigenvalue weighted by Crippen LogP contribution is -2.32. The smallest absolute Gasteiger partial charge is 0.408 e. The quantitative estimate of drug-likeness (QED) is 0.447. The summed E-state index contributed by atoms with van der Waals surface area (Å²) in [6, 6.07) is 12.1. The molecule has 0 fully saturated rings. The van der Waals surface area contributed by atoms with E-state index in [1.54, 1.807) is 70.2 Å². The molecule has 3 rings (SSSR count). The molecule has 7 nitrogen and oxygen atoms in total. The third kappa shape index (κ3) is 6.10. The maximum atomic E-state index is 11.7. The maximum Gasteiger partial charge on any atom is 0.408 e. The molecule has 0 atom stereocenters. The van der Waals surface area contributed by atoms with Gasteiger partial charge in [-0.1, -0.05) is 47.2 Å². The second kappa shape index (κ2) is 10.2. The van der Waals surface area contributed by atoms with Crippen LogP contribution in [-0.4, -0.2) is 39.1 Å². The summed E-state index contributed by atoms with van der Waals surface area (Å²) in [5, 5.41) is 17.3. The largest absolute Gasteiger partial charge is 0.476 e. The van der Waals surface area contributed by atoms with Gasteiger partial charge in [-0.2, -0.15) is 5.10 Å². The Balaban J connectivity index is 1.89. The van der Waals surface area contributed by atoms with Crippen LogP contribution in [-0.2, 0) is 4.74 Å². The number of alkyl carbamates (subject to hydrolysis) is 1. The van der Waals surface area contributed by atoms with Crippen molar-refractivity contribution in [2.24, 2.45) is 0 Å². The fourth-order valence-electron chi connectivity index (χ4n) is 3.15. The van der Waals surface area contributed by atoms with E-state index in [1.807, 2.05) is 0 Å². The fourth-order valence-corrected chi connectivity index (χ4v) is 3.54. The molecule has 2 aromatic carbocycles. The second-order valence-corrected chi connectivity index (χ2v) is 9.21. The van der Waals surface area contributed by atoms with E-state index in [-0.39, 0.29) is 12.2 Å². The van der Waals surface area contributed by atoms with Crippen LogP contribution in [0.5, 0.6) is 0 Å². The maximum absolute atomic E-state index is 11.7. The molecule has 0 unspecified atom stereocenters. The lowest BCUT2D eigenvalue weighted by molar-refractivity contribution is 0.0534. The van der Waals surface area contributed by atoms with Crippen LogP contribution >= 0.6 is 23.2 Å². The average Bonchev–Trinajstić information content (AvgIpc) is 3.08. The number of halogens is 2. The number of nitrogens with zero attached hydrogens (tertiary/aromatic N) is 2. The van der Waals surface area contributed by atoms with E-state index in [0.29, 0.717) is 32.6 Å². The van der Waals surface area contributed by atoms with Crippen LogP contribution in [0.1, 0.15) is 42.4 Å². The van der Waals surface area contributed by atoms with Crippen molar-refractivity contribution < 1.29 is 19.4 Å². The van der Waals surface area contributed by atoms with E-state index >= 15 is 0 Å². The molecular weight excluding hydrogens is 477 g/mol. The third-order valence-corrected chi connectivity index (χ3v) is 5.13. The Labute approximate surface area is 207 Å². The first-order valence-electron chi connectivity index (χ1n) is 10.3. The van der Waals surface area contributed by atoms with Gasteiger partial charge >= 0.3 is 12.1 Å². The number of amides is 1. The minimum absolute atomic E-state index is 0.0712. The first kappa shape index (κ1) is 25.2. The van der Waals surface area contributed by atoms with Crippen LogP contribution in [0.25, 0.3) is 16.9 Å². The van der Waals surface area contributed by atoms with Gasteiger partial charge in [-0.25, -0.2) is 14.3 Å². The van der Waals surface area contributed by atoms with Gasteiger partial charge < -0.3 is 15.2 Å². The van der Waals surface area contributed by atoms with Gasteiger partial charge in [0.15, 0.2) is 5.69 Å². The van der Waals surface area contributed by atoms with Gasteiger partial charge in [-0.3, -0.25) is 0 Å². The number of carboxylic acid groups (broad SMARTS) is 1. The molecule has 1 amide bonds. The van der Waals surface area contributed by atoms with Crippen molar-refractivity contribution in [2.45, 2.75) is 33.3 Å². The number of ether oxygens (including phenoxy) is 1. The molecule has 176 valence electrons. The zero-order chi connectivity index (χ0) is 25.0. The molecule has 1 aromatic heterocycles. The normalized spacial score (nSPS) is 10.9. The molecule has 0 aliphatic rings. The molecule has 3 aromatic rings. The summed E-state index contributed by atoms with van der Waals surface area (Å²) in [6.07, 6.45) is -0.548. The molecule has 0 saturated heterocycles. The third-order valence-electron chi connectivity index (χ3n) is 4.57. The number of nitrogens with one attached hydrogen (secondary N) is 1. The van der Waals surface area contributed by atoms with Crippen molar-refractivity contribution in [2.75, 3.05) is 6.54 Å². The highest BCUT2D eigenvalue weighted by Gasteiger charge is 2.22. The Bertz CT molecular complexity index is 1300. The molecule has 0 aliphatic heterocycles. The molecule has 0 bridgehead atoms. The van der Waals surface area contributed by atoms with Crippen molar-refractivity contribution in [1.29, 1.82) is 0 Å². The van der Waals surface area contributed by atoms with E-state index in [9.17, 15) is 14.7 Å². The van der Waals surface area contributed by atoms with Crippen LogP contribution in [0.2, 0.25) is 10.0 Å². The number of benzene rings is 2. The average molecular weight is 500 g/mol. The molecule has 34 heavy (non-hydrogen) atoms. The second-order valence-electron chi connectivity index (χ2n) is 8.37. The number of hydrogen-bond acceptors (Lipinski definition) is 4. The number of hydrogen-bond donors (Lipinski definition) is 2. The standard InChI is InChI=1S/C25H23Cl2N3O4/c1-15-21(23(31)32)29-30(22(15)17-8-10-18(26)11-9-17)20-12-7-16(14-19(20)27)6-5-13-28-24(33)34-25(2,3)4/h7-12,14H,13H2,1-4H3,(H,28,33)(H,31,32). The van der Waals surface area contributed by atoms with Crippen molar-refractivity contribution in [1.82, 2.24) is 15.1 Å². The Hall–Kier alpha value is -3.47. The van der Waals surface area contributed by atoms with Gasteiger partial charge in [0.05, 0.1) is 22.9 Å². The van der Waals surface area contributed by atoms with E-state index in [4.69, 9.17) is 27.9 Å². The summed E-state index contributed by atoms with van der Waals surface area (Å²) in [6.45, 7) is 7.14. The van der Waals surface area contributed by atoms with Crippen molar-refractivity contribution in [3.63, 3.8) is 0 Å². The number of carboxylic acids is 1. The molecule has 0 saturated carbocycles. The van der Waals surface area contributed by atoms with Gasteiger partial charge in [0, 0.05) is 21.7 Å². The van der Waals surface area contributed by atoms with Crippen LogP contribution in [0, 0.1) is 18.8 Å². The lowest BCUT2D eigenvalue weighted by Gasteiger charge is -2.19. The molecule has 1 heterocycles. The van der Waals surface area contributed by atoms with Crippen LogP contribution < -0.4 is 5.32 Å². The first-order chi connectivity index (χ1) is 16.0. The summed E-state index contributed by atoms with van der Waals surface area (Å²) in [5.41, 5.74) is 2.30. The van der Waals surface area contributed by atoms with Gasteiger partial charge in [-0.15, -0.1) is 0 Å². The molecule has 0 radical (unpaired) electrons. The van der Waals surface area contributed by atoms with Gasteiger partial charge in [0.1, 0.15) is 5.60 Å². The van der Waals surface area contributed by atoms with Crippen molar-refractivity contribution in [3.8, 4) is 28.8 Å². The number of aromatic nitrogens is 2. The number of rotatable bonds is 4. The Morgan fingerprint density at radius 3 is 2.41 bits per heavy atom. The number of aromatic carboxylic acids is 1. The van der Waals surface area contributed by atoms with Crippen LogP contribution in [0.15, 0.2) is 42.5 Å². The fraction of sp³-hybridized carbons (Fsp3) is 0.240. The summed E-state index contributed by atoms with van der Waals surface area (Å²) in [4.78, 5) is 23.4. The predicted octanol–water partition coefficient (Wildman–Crippen LogP) is 5.73. The number of carbonyl (C=O) groups is 2. The van der Waals surface area contributed by atoms with E-state index in [1.165, 1.54) is 4.68 Å². The minimum Gasteiger partial charge on any atom is -0.476 e. The molecule has 9 heteroatoms. The summed E-state index contributed by atoms with van der Waals surface area (Å²) >= 11 is 12.5. The van der Waals surface area contributed by atoms with Crippen LogP contribution in [0.3, 0.4) is 0 Å². The summed E-state index contributed by atoms with van der Waals surface area (Å²) in [7, 11) is 0. The van der Waals surface area contributed by atoms with Gasteiger partial charge in [0.25, 0.3) is 0 Å². The number of carbonyl (C=O) groups excluding carboxylic acids is 1. The van der Waals surface area contributed by atoms with Crippen LogP contribution in [0.4, 0.5) is 4.79 Å². The molecule has 0 spiro atoms. The highest BCUT2D eigenvalue weighted by molar-refractivity contribution is 6.32. The van der Waals surface area contributed by atoms with Crippen molar-refractivity contribution in [3.05, 3.63) is 69.3 Å².